The highest BCUT2D eigenvalue weighted by Crippen LogP contribution is 2.25. The Bertz CT molecular complexity index is 824. The molecule has 192 valence electrons. The average Bonchev–Trinajstić information content (AvgIpc) is 2.72. The lowest BCUT2D eigenvalue weighted by molar-refractivity contribution is -0.215. The molecule has 0 spiro atoms. The summed E-state index contributed by atoms with van der Waals surface area (Å²) in [6.45, 7) is 12.3. The molecule has 9 nitrogen and oxygen atoms in total. The summed E-state index contributed by atoms with van der Waals surface area (Å²) in [7, 11) is 0. The minimum Gasteiger partial charge on any atom is -0.760 e. The Morgan fingerprint density at radius 1 is 1.26 bits per heavy atom. The maximum Gasteiger partial charge on any atom is 0.158 e. The SMILES string of the molecule is CC(C)CN(CC(OC1CCCC(C)O1)[C@H](Cc1ccc(OC(C)(C)C)cc1)N=[N+]=[N-])S(=O)[O-]. The molecule has 1 aliphatic rings. The van der Waals surface area contributed by atoms with Crippen molar-refractivity contribution < 1.29 is 23.0 Å². The fourth-order valence-electron chi connectivity index (χ4n) is 3.92. The van der Waals surface area contributed by atoms with Gasteiger partial charge in [-0.2, -0.15) is 0 Å². The summed E-state index contributed by atoms with van der Waals surface area (Å²) in [5.41, 5.74) is 9.92. The van der Waals surface area contributed by atoms with Crippen molar-refractivity contribution in [1.82, 2.24) is 4.31 Å². The summed E-state index contributed by atoms with van der Waals surface area (Å²) >= 11 is -2.43. The van der Waals surface area contributed by atoms with Crippen molar-refractivity contribution in [1.29, 1.82) is 0 Å². The Hall–Kier alpha value is -1.68. The van der Waals surface area contributed by atoms with Crippen molar-refractivity contribution in [2.45, 2.75) is 97.4 Å². The van der Waals surface area contributed by atoms with Gasteiger partial charge in [0.1, 0.15) is 11.4 Å². The number of nitrogens with zero attached hydrogens (tertiary/aromatic N) is 4. The molecule has 2 rings (SSSR count). The largest absolute Gasteiger partial charge is 0.760 e. The van der Waals surface area contributed by atoms with Crippen LogP contribution in [0.2, 0.25) is 0 Å². The first kappa shape index (κ1) is 28.6. The summed E-state index contributed by atoms with van der Waals surface area (Å²) in [6, 6.07) is 7.00. The van der Waals surface area contributed by atoms with E-state index in [-0.39, 0.29) is 24.2 Å². The quantitative estimate of drug-likeness (QED) is 0.172. The zero-order chi connectivity index (χ0) is 25.3. The van der Waals surface area contributed by atoms with E-state index in [1.807, 2.05) is 65.8 Å². The van der Waals surface area contributed by atoms with Gasteiger partial charge in [-0.1, -0.05) is 31.1 Å². The van der Waals surface area contributed by atoms with E-state index in [4.69, 9.17) is 14.2 Å². The van der Waals surface area contributed by atoms with Crippen LogP contribution in [-0.2, 0) is 27.2 Å². The molecule has 1 fully saturated rings. The molecule has 0 aliphatic carbocycles. The fraction of sp³-hybridized carbons (Fsp3) is 0.750. The van der Waals surface area contributed by atoms with Gasteiger partial charge in [0.15, 0.2) is 6.29 Å². The molecule has 1 heterocycles. The van der Waals surface area contributed by atoms with Crippen LogP contribution in [0.25, 0.3) is 10.4 Å². The van der Waals surface area contributed by atoms with Crippen molar-refractivity contribution >= 4 is 11.3 Å². The fourth-order valence-corrected chi connectivity index (χ4v) is 4.61. The Labute approximate surface area is 206 Å². The van der Waals surface area contributed by atoms with Crippen LogP contribution >= 0.6 is 0 Å². The predicted octanol–water partition coefficient (Wildman–Crippen LogP) is 5.14. The maximum absolute atomic E-state index is 11.9. The van der Waals surface area contributed by atoms with Gasteiger partial charge in [0, 0.05) is 29.3 Å². The van der Waals surface area contributed by atoms with E-state index in [1.165, 1.54) is 4.31 Å². The van der Waals surface area contributed by atoms with Gasteiger partial charge in [0.05, 0.1) is 18.2 Å². The first-order chi connectivity index (χ1) is 16.0. The molecule has 0 radical (unpaired) electrons. The topological polar surface area (TPSA) is 120 Å². The van der Waals surface area contributed by atoms with E-state index in [2.05, 4.69) is 10.0 Å². The molecule has 1 aromatic rings. The number of azide groups is 1. The molecule has 10 heteroatoms. The second kappa shape index (κ2) is 13.4. The molecule has 1 aliphatic heterocycles. The van der Waals surface area contributed by atoms with Crippen LogP contribution in [0.4, 0.5) is 0 Å². The molecule has 5 atom stereocenters. The molecule has 1 aromatic carbocycles. The van der Waals surface area contributed by atoms with Crippen LogP contribution in [0, 0.1) is 5.92 Å². The van der Waals surface area contributed by atoms with Crippen molar-refractivity contribution in [2.75, 3.05) is 13.1 Å². The number of hydrogen-bond donors (Lipinski definition) is 0. The lowest BCUT2D eigenvalue weighted by Crippen LogP contribution is -2.46. The Morgan fingerprint density at radius 2 is 1.94 bits per heavy atom. The van der Waals surface area contributed by atoms with Gasteiger partial charge in [-0.05, 0) is 82.5 Å². The monoisotopic (exact) mass is 495 g/mol. The standard InChI is InChI=1S/C24H40N4O5S/c1-17(2)15-28(34(29)30)16-22(32-23-9-7-8-18(3)31-23)21(26-27-25)14-19-10-12-20(13-11-19)33-24(4,5)6/h10-13,17-18,21-23H,7-9,14-16H2,1-6H3,(H,29,30)/p-1/t18?,21-,22?,23?/m0/s1. The van der Waals surface area contributed by atoms with Crippen LogP contribution in [0.5, 0.6) is 5.75 Å². The van der Waals surface area contributed by atoms with Gasteiger partial charge in [0.25, 0.3) is 0 Å². The third-order valence-corrected chi connectivity index (χ3v) is 6.07. The number of ether oxygens (including phenoxy) is 3. The zero-order valence-electron chi connectivity index (χ0n) is 21.2. The van der Waals surface area contributed by atoms with Crippen LogP contribution < -0.4 is 4.74 Å². The van der Waals surface area contributed by atoms with E-state index >= 15 is 0 Å². The van der Waals surface area contributed by atoms with Gasteiger partial charge in [-0.15, -0.1) is 0 Å². The summed E-state index contributed by atoms with van der Waals surface area (Å²) in [5, 5.41) is 4.02. The number of hydrogen-bond acceptors (Lipinski definition) is 6. The number of rotatable bonds is 12. The van der Waals surface area contributed by atoms with Gasteiger partial charge >= 0.3 is 0 Å². The van der Waals surface area contributed by atoms with E-state index in [9.17, 15) is 14.3 Å². The first-order valence-electron chi connectivity index (χ1n) is 11.9. The van der Waals surface area contributed by atoms with Crippen molar-refractivity contribution in [2.24, 2.45) is 11.0 Å². The van der Waals surface area contributed by atoms with Crippen molar-refractivity contribution in [3.05, 3.63) is 40.3 Å². The van der Waals surface area contributed by atoms with E-state index in [0.29, 0.717) is 19.4 Å². The van der Waals surface area contributed by atoms with Crippen LogP contribution in [-0.4, -0.2) is 56.3 Å². The second-order valence-corrected chi connectivity index (χ2v) is 11.2. The lowest BCUT2D eigenvalue weighted by Gasteiger charge is -2.36. The molecule has 0 aromatic heterocycles. The summed E-state index contributed by atoms with van der Waals surface area (Å²) < 4.78 is 43.3. The molecule has 0 bridgehead atoms. The molecular formula is C24H39N4O5S-. The maximum atomic E-state index is 11.9. The average molecular weight is 496 g/mol. The van der Waals surface area contributed by atoms with Crippen LogP contribution in [0.15, 0.2) is 29.4 Å². The third-order valence-electron chi connectivity index (χ3n) is 5.35. The minimum absolute atomic E-state index is 0.0630. The van der Waals surface area contributed by atoms with Gasteiger partial charge < -0.3 is 18.8 Å². The first-order valence-corrected chi connectivity index (χ1v) is 13.0. The van der Waals surface area contributed by atoms with Crippen molar-refractivity contribution in [3.63, 3.8) is 0 Å². The Morgan fingerprint density at radius 3 is 2.47 bits per heavy atom. The summed E-state index contributed by atoms with van der Waals surface area (Å²) in [6.07, 6.45) is 1.97. The van der Waals surface area contributed by atoms with Gasteiger partial charge in [-0.3, -0.25) is 4.21 Å². The van der Waals surface area contributed by atoms with Crippen LogP contribution in [0.3, 0.4) is 0 Å². The lowest BCUT2D eigenvalue weighted by atomic mass is 10.0. The molecule has 0 amide bonds. The van der Waals surface area contributed by atoms with E-state index < -0.39 is 29.7 Å². The molecule has 0 N–H and O–H groups in total. The molecule has 0 saturated carbocycles. The highest BCUT2D eigenvalue weighted by atomic mass is 32.2. The normalized spacial score (nSPS) is 21.7. The molecular weight excluding hydrogens is 456 g/mol. The van der Waals surface area contributed by atoms with Crippen molar-refractivity contribution in [3.8, 4) is 5.75 Å². The highest BCUT2D eigenvalue weighted by molar-refractivity contribution is 7.76. The molecule has 4 unspecified atom stereocenters. The van der Waals surface area contributed by atoms with E-state index in [1.54, 1.807) is 0 Å². The van der Waals surface area contributed by atoms with Gasteiger partial charge in [-0.25, -0.2) is 4.31 Å². The van der Waals surface area contributed by atoms with Gasteiger partial charge in [0.2, 0.25) is 0 Å². The highest BCUT2D eigenvalue weighted by Gasteiger charge is 2.30. The Balaban J connectivity index is 2.25. The van der Waals surface area contributed by atoms with Crippen LogP contribution in [0.1, 0.15) is 66.4 Å². The predicted molar refractivity (Wildman–Crippen MR) is 132 cm³/mol. The number of benzene rings is 1. The van der Waals surface area contributed by atoms with E-state index in [0.717, 1.165) is 24.2 Å². The third kappa shape index (κ3) is 10.3. The summed E-state index contributed by atoms with van der Waals surface area (Å²) in [4.78, 5) is 3.05. The summed E-state index contributed by atoms with van der Waals surface area (Å²) in [5.74, 6) is 0.886. The molecule has 1 saturated heterocycles. The minimum atomic E-state index is -2.43. The zero-order valence-corrected chi connectivity index (χ0v) is 22.0. The smallest absolute Gasteiger partial charge is 0.158 e. The second-order valence-electron chi connectivity index (χ2n) is 10.3. The molecule has 34 heavy (non-hydrogen) atoms. The Kier molecular flexibility index (Phi) is 11.3.